The van der Waals surface area contributed by atoms with Gasteiger partial charge < -0.3 is 9.47 Å². The van der Waals surface area contributed by atoms with E-state index in [2.05, 4.69) is 14.0 Å². The largest absolute Gasteiger partial charge is 0.552 e. The molecule has 0 heterocycles. The second-order valence-corrected chi connectivity index (χ2v) is 4.44. The van der Waals surface area contributed by atoms with Gasteiger partial charge >= 0.3 is 20.3 Å². The molecule has 0 spiro atoms. The van der Waals surface area contributed by atoms with Crippen LogP contribution in [0.3, 0.4) is 0 Å². The van der Waals surface area contributed by atoms with Gasteiger partial charge in [-0.3, -0.25) is 4.52 Å². The first-order valence-electron chi connectivity index (χ1n) is 4.75. The van der Waals surface area contributed by atoms with Crippen LogP contribution < -0.4 is 0 Å². The van der Waals surface area contributed by atoms with Crippen LogP contribution in [0.1, 0.15) is 0 Å². The van der Waals surface area contributed by atoms with Crippen molar-refractivity contribution in [3.05, 3.63) is 0 Å². The Morgan fingerprint density at radius 3 is 1.45 bits per heavy atom. The van der Waals surface area contributed by atoms with E-state index in [4.69, 9.17) is 0 Å². The summed E-state index contributed by atoms with van der Waals surface area (Å²) >= 11 is 0. The number of ether oxygens (including phenoxy) is 2. The molecule has 0 saturated heterocycles. The molecule has 4 nitrogen and oxygen atoms in total. The molecule has 0 bridgehead atoms. The molecule has 13 heteroatoms. The van der Waals surface area contributed by atoms with Crippen molar-refractivity contribution in [1.82, 2.24) is 0 Å². The molecular weight excluding hydrogens is 331 g/mol. The van der Waals surface area contributed by atoms with Crippen molar-refractivity contribution in [3.63, 3.8) is 0 Å². The molecule has 122 valence electrons. The van der Waals surface area contributed by atoms with E-state index in [0.29, 0.717) is 0 Å². The van der Waals surface area contributed by atoms with Gasteiger partial charge in [0.2, 0.25) is 0 Å². The molecule has 0 aromatic heterocycles. The van der Waals surface area contributed by atoms with E-state index in [9.17, 15) is 39.3 Å². The van der Waals surface area contributed by atoms with Gasteiger partial charge in [-0.05, 0) is 0 Å². The van der Waals surface area contributed by atoms with Crippen LogP contribution in [0.5, 0.6) is 0 Å². The third kappa shape index (κ3) is 14.0. The van der Waals surface area contributed by atoms with E-state index in [-0.39, 0.29) is 0 Å². The van der Waals surface area contributed by atoms with Crippen molar-refractivity contribution in [2.24, 2.45) is 0 Å². The van der Waals surface area contributed by atoms with Crippen molar-refractivity contribution in [2.45, 2.75) is 18.5 Å². The van der Waals surface area contributed by atoms with Gasteiger partial charge in [0.25, 0.3) is 0 Å². The zero-order chi connectivity index (χ0) is 16.0. The zero-order valence-corrected chi connectivity index (χ0v) is 10.4. The SMILES string of the molecule is O=P(F)(F)OC(COCC(F)(F)F)COCC(F)(F)F. The van der Waals surface area contributed by atoms with Gasteiger partial charge in [-0.25, -0.2) is 4.57 Å². The first kappa shape index (κ1) is 19.6. The van der Waals surface area contributed by atoms with E-state index in [0.717, 1.165) is 0 Å². The smallest absolute Gasteiger partial charge is 0.369 e. The van der Waals surface area contributed by atoms with Crippen molar-refractivity contribution < 1.29 is 53.3 Å². The summed E-state index contributed by atoms with van der Waals surface area (Å²) in [6, 6.07) is 0. The Morgan fingerprint density at radius 1 is 0.850 bits per heavy atom. The van der Waals surface area contributed by atoms with Gasteiger partial charge in [0, 0.05) is 0 Å². The second-order valence-electron chi connectivity index (χ2n) is 3.40. The first-order chi connectivity index (χ1) is 8.79. The highest BCUT2D eigenvalue weighted by Gasteiger charge is 2.32. The lowest BCUT2D eigenvalue weighted by molar-refractivity contribution is -0.189. The fourth-order valence-corrected chi connectivity index (χ4v) is 1.36. The van der Waals surface area contributed by atoms with E-state index in [1.807, 2.05) is 0 Å². The highest BCUT2D eigenvalue weighted by molar-refractivity contribution is 7.47. The third-order valence-corrected chi connectivity index (χ3v) is 1.95. The molecule has 0 atom stereocenters. The number of hydrogen-bond donors (Lipinski definition) is 0. The van der Waals surface area contributed by atoms with Gasteiger partial charge in [-0.2, -0.15) is 26.3 Å². The quantitative estimate of drug-likeness (QED) is 0.501. The van der Waals surface area contributed by atoms with E-state index in [1.54, 1.807) is 0 Å². The lowest BCUT2D eigenvalue weighted by Crippen LogP contribution is -2.29. The molecule has 0 N–H and O–H groups in total. The lowest BCUT2D eigenvalue weighted by Gasteiger charge is -2.18. The molecule has 0 saturated carbocycles. The average molecular weight is 340 g/mol. The maximum Gasteiger partial charge on any atom is 0.552 e. The highest BCUT2D eigenvalue weighted by Crippen LogP contribution is 2.51. The number of alkyl halides is 6. The standard InChI is InChI=1S/C7H9F8O4P/c8-6(9,10)3-17-1-5(19-20(14,15)16)2-18-4-7(11,12)13/h5H,1-4H2. The fraction of sp³-hybridized carbons (Fsp3) is 1.00. The summed E-state index contributed by atoms with van der Waals surface area (Å²) in [6.07, 6.45) is -11.5. The van der Waals surface area contributed by atoms with Crippen LogP contribution in [0, 0.1) is 0 Å². The predicted molar refractivity (Wildman–Crippen MR) is 48.4 cm³/mol. The van der Waals surface area contributed by atoms with Crippen LogP contribution in [-0.4, -0.2) is 44.9 Å². The fourth-order valence-electron chi connectivity index (χ4n) is 0.895. The molecule has 0 unspecified atom stereocenters. The van der Waals surface area contributed by atoms with Gasteiger partial charge in [-0.15, -0.1) is 8.39 Å². The number of rotatable bonds is 8. The van der Waals surface area contributed by atoms with Crippen molar-refractivity contribution >= 4 is 7.99 Å². The summed E-state index contributed by atoms with van der Waals surface area (Å²) in [6.45, 7) is -5.96. The summed E-state index contributed by atoms with van der Waals surface area (Å²) in [5, 5.41) is 0. The Labute approximate surface area is 107 Å². The number of halogens is 8. The lowest BCUT2D eigenvalue weighted by atomic mass is 10.4. The van der Waals surface area contributed by atoms with Crippen molar-refractivity contribution in [1.29, 1.82) is 0 Å². The monoisotopic (exact) mass is 340 g/mol. The topological polar surface area (TPSA) is 44.8 Å². The highest BCUT2D eigenvalue weighted by atomic mass is 31.2. The van der Waals surface area contributed by atoms with Crippen LogP contribution in [0.15, 0.2) is 0 Å². The van der Waals surface area contributed by atoms with Gasteiger partial charge in [0.15, 0.2) is 0 Å². The third-order valence-electron chi connectivity index (χ3n) is 1.41. The summed E-state index contributed by atoms with van der Waals surface area (Å²) in [4.78, 5) is 0. The Bertz CT molecular complexity index is 304. The second kappa shape index (κ2) is 7.53. The molecule has 0 aromatic carbocycles. The van der Waals surface area contributed by atoms with Crippen molar-refractivity contribution in [3.8, 4) is 0 Å². The molecule has 0 aliphatic heterocycles. The first-order valence-corrected chi connectivity index (χ1v) is 6.16. The maximum absolute atomic E-state index is 12.1. The molecule has 0 aliphatic carbocycles. The Balaban J connectivity index is 4.25. The Morgan fingerprint density at radius 2 is 1.20 bits per heavy atom. The normalized spacial score (nSPS) is 14.1. The van der Waals surface area contributed by atoms with Crippen LogP contribution in [0.2, 0.25) is 0 Å². The van der Waals surface area contributed by atoms with Crippen LogP contribution in [0.25, 0.3) is 0 Å². The summed E-state index contributed by atoms with van der Waals surface area (Å²) in [7, 11) is -6.11. The zero-order valence-electron chi connectivity index (χ0n) is 9.51. The molecule has 0 radical (unpaired) electrons. The van der Waals surface area contributed by atoms with Gasteiger partial charge in [0.1, 0.15) is 19.3 Å². The maximum atomic E-state index is 12.1. The summed E-state index contributed by atoms with van der Waals surface area (Å²) in [5.41, 5.74) is 0. The van der Waals surface area contributed by atoms with Crippen LogP contribution in [-0.2, 0) is 18.6 Å². The van der Waals surface area contributed by atoms with Gasteiger partial charge in [0.05, 0.1) is 13.2 Å². The molecule has 0 amide bonds. The van der Waals surface area contributed by atoms with Crippen LogP contribution >= 0.6 is 7.99 Å². The minimum absolute atomic E-state index is 1.16. The van der Waals surface area contributed by atoms with Crippen LogP contribution in [0.4, 0.5) is 34.7 Å². The molecule has 0 fully saturated rings. The van der Waals surface area contributed by atoms with Crippen molar-refractivity contribution in [2.75, 3.05) is 26.4 Å². The summed E-state index contributed by atoms with van der Waals surface area (Å²) in [5.74, 6) is 0. The number of hydrogen-bond acceptors (Lipinski definition) is 4. The Hall–Kier alpha value is -0.450. The minimum atomic E-state index is -6.11. The molecule has 20 heavy (non-hydrogen) atoms. The Kier molecular flexibility index (Phi) is 7.36. The predicted octanol–water partition coefficient (Wildman–Crippen LogP) is 3.58. The van der Waals surface area contributed by atoms with E-state index >= 15 is 0 Å². The average Bonchev–Trinajstić information content (AvgIpc) is 2.10. The molecule has 0 aliphatic rings. The van der Waals surface area contributed by atoms with E-state index in [1.165, 1.54) is 0 Å². The molecule has 0 aromatic rings. The molecule has 0 rings (SSSR count). The minimum Gasteiger partial charge on any atom is -0.369 e. The van der Waals surface area contributed by atoms with E-state index < -0.39 is 52.9 Å². The summed E-state index contributed by atoms with van der Waals surface area (Å²) < 4.78 is 116. The van der Waals surface area contributed by atoms with Gasteiger partial charge in [-0.1, -0.05) is 0 Å². The molecular formula is C7H9F8O4P.